The second-order valence-corrected chi connectivity index (χ2v) is 11.8. The molecule has 2 aromatic rings. The molecule has 2 rings (SSSR count). The summed E-state index contributed by atoms with van der Waals surface area (Å²) in [7, 11) is -1.03. The van der Waals surface area contributed by atoms with Gasteiger partial charge in [0.2, 0.25) is 5.91 Å². The van der Waals surface area contributed by atoms with Crippen molar-refractivity contribution in [2.45, 2.75) is 105 Å². The number of aryl methyl sites for hydroxylation is 2. The van der Waals surface area contributed by atoms with E-state index in [1.165, 1.54) is 17.7 Å². The molecule has 0 radical (unpaired) electrons. The van der Waals surface area contributed by atoms with E-state index < -0.39 is 28.5 Å². The van der Waals surface area contributed by atoms with Crippen LogP contribution >= 0.6 is 0 Å². The Morgan fingerprint density at radius 3 is 2.00 bits per heavy atom. The SMILES string of the molecule is CC.CCCC(CCC)S(=O)CC(CC)C(=O)N(Cc1cccc(CC)c1)CC(O)CN.Cc1cc(F)cc(F)c1. The van der Waals surface area contributed by atoms with E-state index in [0.717, 1.165) is 43.7 Å². The molecular formula is C33H54F2N2O3S. The molecule has 2 aromatic carbocycles. The fraction of sp³-hybridized carbons (Fsp3) is 0.606. The quantitative estimate of drug-likeness (QED) is 0.233. The summed E-state index contributed by atoms with van der Waals surface area (Å²) in [5.41, 5.74) is 8.48. The highest BCUT2D eigenvalue weighted by Gasteiger charge is 2.28. The number of nitrogens with zero attached hydrogens (tertiary/aromatic N) is 1. The minimum Gasteiger partial charge on any atom is -0.390 e. The summed E-state index contributed by atoms with van der Waals surface area (Å²) in [6.45, 7) is 14.7. The van der Waals surface area contributed by atoms with Gasteiger partial charge in [-0.2, -0.15) is 0 Å². The number of hydrogen-bond donors (Lipinski definition) is 2. The van der Waals surface area contributed by atoms with Gasteiger partial charge in [-0.05, 0) is 61.4 Å². The van der Waals surface area contributed by atoms with Gasteiger partial charge >= 0.3 is 0 Å². The Bertz CT molecular complexity index is 965. The molecular weight excluding hydrogens is 542 g/mol. The predicted octanol–water partition coefficient (Wildman–Crippen LogP) is 6.94. The Labute approximate surface area is 250 Å². The van der Waals surface area contributed by atoms with Gasteiger partial charge in [-0.15, -0.1) is 0 Å². The number of benzene rings is 2. The maximum Gasteiger partial charge on any atom is 0.226 e. The molecule has 1 amide bonds. The van der Waals surface area contributed by atoms with Crippen LogP contribution < -0.4 is 5.73 Å². The van der Waals surface area contributed by atoms with Crippen LogP contribution in [0.2, 0.25) is 0 Å². The zero-order chi connectivity index (χ0) is 31.4. The van der Waals surface area contributed by atoms with Gasteiger partial charge in [0.25, 0.3) is 0 Å². The molecule has 0 aliphatic heterocycles. The molecule has 0 aliphatic rings. The summed E-state index contributed by atoms with van der Waals surface area (Å²) in [5.74, 6) is -0.988. The van der Waals surface area contributed by atoms with Gasteiger partial charge in [-0.3, -0.25) is 9.00 Å². The normalized spacial score (nSPS) is 12.9. The molecule has 5 nitrogen and oxygen atoms in total. The lowest BCUT2D eigenvalue weighted by atomic mass is 10.0. The first-order chi connectivity index (χ1) is 19.6. The number of hydrogen-bond acceptors (Lipinski definition) is 4. The molecule has 0 heterocycles. The van der Waals surface area contributed by atoms with E-state index in [1.54, 1.807) is 11.8 Å². The molecule has 3 unspecified atom stereocenters. The number of carbonyl (C=O) groups excluding carboxylic acids is 1. The van der Waals surface area contributed by atoms with Crippen LogP contribution in [0, 0.1) is 24.5 Å². The number of halogens is 2. The third-order valence-electron chi connectivity index (χ3n) is 6.60. The first-order valence-electron chi connectivity index (χ1n) is 15.1. The van der Waals surface area contributed by atoms with Crippen molar-refractivity contribution in [2.75, 3.05) is 18.8 Å². The lowest BCUT2D eigenvalue weighted by Crippen LogP contribution is -2.44. The van der Waals surface area contributed by atoms with Crippen molar-refractivity contribution >= 4 is 16.7 Å². The van der Waals surface area contributed by atoms with Crippen molar-refractivity contribution in [1.82, 2.24) is 4.90 Å². The topological polar surface area (TPSA) is 83.6 Å². The van der Waals surface area contributed by atoms with Crippen LogP contribution in [0.4, 0.5) is 8.78 Å². The fourth-order valence-corrected chi connectivity index (χ4v) is 6.47. The molecule has 0 saturated carbocycles. The van der Waals surface area contributed by atoms with Crippen molar-refractivity contribution in [3.63, 3.8) is 0 Å². The van der Waals surface area contributed by atoms with E-state index in [0.29, 0.717) is 24.3 Å². The second-order valence-electron chi connectivity index (χ2n) is 10.1. The van der Waals surface area contributed by atoms with Crippen LogP contribution in [0.3, 0.4) is 0 Å². The van der Waals surface area contributed by atoms with Gasteiger partial charge in [-0.1, -0.05) is 78.6 Å². The van der Waals surface area contributed by atoms with Crippen LogP contribution in [-0.4, -0.2) is 50.3 Å². The lowest BCUT2D eigenvalue weighted by molar-refractivity contribution is -0.137. The molecule has 8 heteroatoms. The Morgan fingerprint density at radius 1 is 0.976 bits per heavy atom. The Balaban J connectivity index is 0.00000121. The monoisotopic (exact) mass is 596 g/mol. The van der Waals surface area contributed by atoms with Crippen LogP contribution in [0.5, 0.6) is 0 Å². The number of aliphatic hydroxyl groups is 1. The number of nitrogens with two attached hydrogens (primary N) is 1. The van der Waals surface area contributed by atoms with Crippen molar-refractivity contribution in [1.29, 1.82) is 0 Å². The van der Waals surface area contributed by atoms with Crippen molar-refractivity contribution in [3.05, 3.63) is 70.8 Å². The maximum absolute atomic E-state index is 13.4. The molecule has 234 valence electrons. The van der Waals surface area contributed by atoms with Gasteiger partial charge < -0.3 is 15.7 Å². The van der Waals surface area contributed by atoms with E-state index in [9.17, 15) is 22.9 Å². The average molecular weight is 597 g/mol. The standard InChI is InChI=1S/C24H42N2O3S.C7H6F2.C2H6/c1-5-10-23(11-6-2)30(29)18-21(8-4)24(28)26(17-22(27)15-25)16-20-13-9-12-19(7-3)14-20;1-5-2-6(8)4-7(9)3-5;1-2/h9,12-14,21-23,27H,5-8,10-11,15-18,25H2,1-4H3;2-4H,1H3;1-2H3. The van der Waals surface area contributed by atoms with Gasteiger partial charge in [0.15, 0.2) is 0 Å². The van der Waals surface area contributed by atoms with Gasteiger partial charge in [0, 0.05) is 53.4 Å². The summed E-state index contributed by atoms with van der Waals surface area (Å²) in [6, 6.07) is 11.6. The summed E-state index contributed by atoms with van der Waals surface area (Å²) in [5, 5.41) is 10.3. The zero-order valence-electron chi connectivity index (χ0n) is 26.3. The minimum atomic E-state index is -1.03. The number of amides is 1. The van der Waals surface area contributed by atoms with Gasteiger partial charge in [0.05, 0.1) is 6.10 Å². The second kappa shape index (κ2) is 22.4. The fourth-order valence-electron chi connectivity index (χ4n) is 4.43. The van der Waals surface area contributed by atoms with Crippen molar-refractivity contribution < 1.29 is 22.9 Å². The smallest absolute Gasteiger partial charge is 0.226 e. The van der Waals surface area contributed by atoms with E-state index in [-0.39, 0.29) is 30.2 Å². The molecule has 0 aromatic heterocycles. The largest absolute Gasteiger partial charge is 0.390 e. The molecule has 0 saturated heterocycles. The van der Waals surface area contributed by atoms with Crippen LogP contribution in [0.1, 0.15) is 90.3 Å². The number of rotatable bonds is 15. The minimum absolute atomic E-state index is 0.0352. The third-order valence-corrected chi connectivity index (χ3v) is 8.54. The van der Waals surface area contributed by atoms with Gasteiger partial charge in [-0.25, -0.2) is 8.78 Å². The maximum atomic E-state index is 13.4. The van der Waals surface area contributed by atoms with E-state index in [1.807, 2.05) is 32.9 Å². The number of aliphatic hydroxyl groups excluding tert-OH is 1. The molecule has 3 N–H and O–H groups in total. The van der Waals surface area contributed by atoms with E-state index in [2.05, 4.69) is 32.9 Å². The molecule has 0 fully saturated rings. The van der Waals surface area contributed by atoms with Crippen molar-refractivity contribution in [2.24, 2.45) is 11.7 Å². The zero-order valence-corrected chi connectivity index (χ0v) is 27.1. The summed E-state index contributed by atoms with van der Waals surface area (Å²) in [6.07, 6.45) is 4.68. The number of carbonyl (C=O) groups is 1. The Morgan fingerprint density at radius 2 is 1.54 bits per heavy atom. The summed E-state index contributed by atoms with van der Waals surface area (Å²) >= 11 is 0. The lowest BCUT2D eigenvalue weighted by Gasteiger charge is -2.29. The molecule has 0 spiro atoms. The highest BCUT2D eigenvalue weighted by molar-refractivity contribution is 7.85. The van der Waals surface area contributed by atoms with Crippen LogP contribution in [0.25, 0.3) is 0 Å². The molecule has 0 bridgehead atoms. The Kier molecular flexibility index (Phi) is 21.3. The summed E-state index contributed by atoms with van der Waals surface area (Å²) in [4.78, 5) is 15.1. The van der Waals surface area contributed by atoms with E-state index >= 15 is 0 Å². The molecule has 41 heavy (non-hydrogen) atoms. The summed E-state index contributed by atoms with van der Waals surface area (Å²) < 4.78 is 37.4. The Hall–Kier alpha value is -2.16. The average Bonchev–Trinajstić information content (AvgIpc) is 2.95. The van der Waals surface area contributed by atoms with Crippen LogP contribution in [-0.2, 0) is 28.6 Å². The molecule has 0 aliphatic carbocycles. The highest BCUT2D eigenvalue weighted by atomic mass is 32.2. The highest BCUT2D eigenvalue weighted by Crippen LogP contribution is 2.19. The molecule has 3 atom stereocenters. The van der Waals surface area contributed by atoms with Crippen molar-refractivity contribution in [3.8, 4) is 0 Å². The first-order valence-corrected chi connectivity index (χ1v) is 16.5. The third kappa shape index (κ3) is 15.6. The predicted molar refractivity (Wildman–Crippen MR) is 169 cm³/mol. The van der Waals surface area contributed by atoms with Gasteiger partial charge in [0.1, 0.15) is 11.6 Å². The first kappa shape index (κ1) is 38.8. The van der Waals surface area contributed by atoms with Crippen LogP contribution in [0.15, 0.2) is 42.5 Å². The van der Waals surface area contributed by atoms with E-state index in [4.69, 9.17) is 5.73 Å².